The summed E-state index contributed by atoms with van der Waals surface area (Å²) in [5, 5.41) is 11.1. The Morgan fingerprint density at radius 1 is 1.29 bits per heavy atom. The number of aryl methyl sites for hydroxylation is 1. The molecule has 2 heterocycles. The van der Waals surface area contributed by atoms with E-state index in [1.165, 1.54) is 5.56 Å². The Morgan fingerprint density at radius 3 is 2.71 bits per heavy atom. The van der Waals surface area contributed by atoms with Crippen LogP contribution in [0.3, 0.4) is 0 Å². The molecule has 1 aromatic carbocycles. The van der Waals surface area contributed by atoms with Gasteiger partial charge in [-0.05, 0) is 18.4 Å². The van der Waals surface area contributed by atoms with Crippen LogP contribution in [-0.2, 0) is 20.1 Å². The van der Waals surface area contributed by atoms with Crippen LogP contribution in [0.4, 0.5) is 0 Å². The molecule has 7 nitrogen and oxygen atoms in total. The molecule has 0 radical (unpaired) electrons. The quantitative estimate of drug-likeness (QED) is 0.629. The van der Waals surface area contributed by atoms with Crippen molar-refractivity contribution in [1.82, 2.24) is 25.2 Å². The molecule has 0 aliphatic carbocycles. The topological polar surface area (TPSA) is 84.4 Å². The van der Waals surface area contributed by atoms with Gasteiger partial charge in [0.05, 0.1) is 18.4 Å². The smallest absolute Gasteiger partial charge is 0.189 e. The van der Waals surface area contributed by atoms with Gasteiger partial charge >= 0.3 is 0 Å². The van der Waals surface area contributed by atoms with Crippen molar-refractivity contribution in [3.63, 3.8) is 0 Å². The van der Waals surface area contributed by atoms with Gasteiger partial charge in [0, 0.05) is 32.7 Å². The fourth-order valence-corrected chi connectivity index (χ4v) is 2.95. The lowest BCUT2D eigenvalue weighted by Gasteiger charge is -2.32. The zero-order valence-electron chi connectivity index (χ0n) is 14.1. The van der Waals surface area contributed by atoms with Crippen LogP contribution in [-0.4, -0.2) is 45.0 Å². The molecule has 128 valence electrons. The Morgan fingerprint density at radius 2 is 2.04 bits per heavy atom. The fourth-order valence-electron chi connectivity index (χ4n) is 2.95. The summed E-state index contributed by atoms with van der Waals surface area (Å²) in [5.74, 6) is 0.498. The molecule has 1 aliphatic rings. The minimum absolute atomic E-state index is 0.394. The molecule has 1 fully saturated rings. The molecule has 0 saturated carbocycles. The van der Waals surface area contributed by atoms with Crippen molar-refractivity contribution in [2.45, 2.75) is 32.0 Å². The summed E-state index contributed by atoms with van der Waals surface area (Å²) >= 11 is 0. The van der Waals surface area contributed by atoms with E-state index in [1.807, 2.05) is 7.05 Å². The van der Waals surface area contributed by atoms with E-state index in [0.29, 0.717) is 18.5 Å². The van der Waals surface area contributed by atoms with E-state index in [1.54, 1.807) is 10.9 Å². The van der Waals surface area contributed by atoms with Crippen LogP contribution in [0.25, 0.3) is 0 Å². The van der Waals surface area contributed by atoms with Crippen molar-refractivity contribution < 1.29 is 0 Å². The number of hydrogen-bond donors (Lipinski definition) is 2. The van der Waals surface area contributed by atoms with Crippen molar-refractivity contribution in [1.29, 1.82) is 0 Å². The molecule has 1 aliphatic heterocycles. The second-order valence-electron chi connectivity index (χ2n) is 6.23. The predicted octanol–water partition coefficient (Wildman–Crippen LogP) is 0.884. The first kappa shape index (κ1) is 16.4. The van der Waals surface area contributed by atoms with Crippen LogP contribution in [0, 0.1) is 0 Å². The van der Waals surface area contributed by atoms with E-state index in [0.717, 1.165) is 38.2 Å². The Bertz CT molecular complexity index is 657. The molecule has 0 unspecified atom stereocenters. The molecule has 0 atom stereocenters. The van der Waals surface area contributed by atoms with Crippen LogP contribution < -0.4 is 11.1 Å². The molecule has 0 spiro atoms. The Balaban J connectivity index is 1.42. The van der Waals surface area contributed by atoms with Crippen LogP contribution >= 0.6 is 0 Å². The second-order valence-corrected chi connectivity index (χ2v) is 6.23. The van der Waals surface area contributed by atoms with Crippen molar-refractivity contribution in [3.8, 4) is 0 Å². The van der Waals surface area contributed by atoms with Crippen molar-refractivity contribution >= 4 is 5.96 Å². The lowest BCUT2D eigenvalue weighted by molar-refractivity contribution is 0.199. The zero-order chi connectivity index (χ0) is 16.8. The number of aliphatic imine (C=N–C) groups is 1. The first-order chi connectivity index (χ1) is 11.7. The Kier molecular flexibility index (Phi) is 5.43. The van der Waals surface area contributed by atoms with E-state index in [4.69, 9.17) is 5.73 Å². The van der Waals surface area contributed by atoms with E-state index >= 15 is 0 Å². The molecule has 0 amide bonds. The second kappa shape index (κ2) is 7.92. The van der Waals surface area contributed by atoms with Crippen molar-refractivity contribution in [3.05, 3.63) is 47.8 Å². The van der Waals surface area contributed by atoms with Gasteiger partial charge in [-0.3, -0.25) is 9.58 Å². The molecule has 3 N–H and O–H groups in total. The number of piperidine rings is 1. The monoisotopic (exact) mass is 327 g/mol. The number of guanidine groups is 1. The summed E-state index contributed by atoms with van der Waals surface area (Å²) in [6, 6.07) is 11.0. The van der Waals surface area contributed by atoms with Crippen molar-refractivity contribution in [2.24, 2.45) is 17.8 Å². The molecular formula is C17H25N7. The summed E-state index contributed by atoms with van der Waals surface area (Å²) < 4.78 is 1.71. The summed E-state index contributed by atoms with van der Waals surface area (Å²) in [6.07, 6.45) is 3.87. The van der Waals surface area contributed by atoms with Gasteiger partial charge in [-0.1, -0.05) is 35.5 Å². The van der Waals surface area contributed by atoms with E-state index in [9.17, 15) is 0 Å². The molecule has 24 heavy (non-hydrogen) atoms. The molecule has 2 aromatic rings. The molecule has 1 saturated heterocycles. The predicted molar refractivity (Wildman–Crippen MR) is 94.2 cm³/mol. The van der Waals surface area contributed by atoms with Gasteiger partial charge in [-0.2, -0.15) is 0 Å². The molecule has 3 rings (SSSR count). The lowest BCUT2D eigenvalue weighted by atomic mass is 10.0. The van der Waals surface area contributed by atoms with Crippen LogP contribution in [0.1, 0.15) is 24.1 Å². The molecule has 0 bridgehead atoms. The molecular weight excluding hydrogens is 302 g/mol. The highest BCUT2D eigenvalue weighted by Crippen LogP contribution is 2.13. The highest BCUT2D eigenvalue weighted by molar-refractivity contribution is 5.78. The van der Waals surface area contributed by atoms with Gasteiger partial charge in [0.25, 0.3) is 0 Å². The number of aromatic nitrogens is 3. The van der Waals surface area contributed by atoms with E-state index in [-0.39, 0.29) is 0 Å². The highest BCUT2D eigenvalue weighted by atomic mass is 15.4. The number of nitrogens with zero attached hydrogens (tertiary/aromatic N) is 5. The van der Waals surface area contributed by atoms with Crippen LogP contribution in [0.15, 0.2) is 41.5 Å². The van der Waals surface area contributed by atoms with Crippen LogP contribution in [0.5, 0.6) is 0 Å². The number of likely N-dealkylation sites (tertiary alicyclic amines) is 1. The lowest BCUT2D eigenvalue weighted by Crippen LogP contribution is -2.46. The van der Waals surface area contributed by atoms with Gasteiger partial charge in [0.1, 0.15) is 0 Å². The largest absolute Gasteiger partial charge is 0.370 e. The molecule has 7 heteroatoms. The Hall–Kier alpha value is -2.41. The Labute approximate surface area is 142 Å². The van der Waals surface area contributed by atoms with Gasteiger partial charge in [-0.25, -0.2) is 4.99 Å². The van der Waals surface area contributed by atoms with E-state index in [2.05, 4.69) is 55.9 Å². The maximum atomic E-state index is 6.00. The first-order valence-corrected chi connectivity index (χ1v) is 8.37. The number of rotatable bonds is 5. The normalized spacial score (nSPS) is 17.1. The van der Waals surface area contributed by atoms with Crippen molar-refractivity contribution in [2.75, 3.05) is 13.1 Å². The standard InChI is InChI=1S/C17H25N7/c1-23-16(12-20-22-23)11-19-17(18)21-15-7-9-24(10-8-15)13-14-5-3-2-4-6-14/h2-6,12,15H,7-11,13H2,1H3,(H3,18,19,21). The average Bonchev–Trinajstić information content (AvgIpc) is 3.01. The highest BCUT2D eigenvalue weighted by Gasteiger charge is 2.19. The number of benzene rings is 1. The third kappa shape index (κ3) is 4.55. The summed E-state index contributed by atoms with van der Waals surface area (Å²) in [4.78, 5) is 6.87. The van der Waals surface area contributed by atoms with Crippen LogP contribution in [0.2, 0.25) is 0 Å². The minimum atomic E-state index is 0.394. The van der Waals surface area contributed by atoms with Gasteiger partial charge in [-0.15, -0.1) is 5.10 Å². The average molecular weight is 327 g/mol. The summed E-state index contributed by atoms with van der Waals surface area (Å²) in [5.41, 5.74) is 8.32. The molecule has 1 aromatic heterocycles. The maximum Gasteiger partial charge on any atom is 0.189 e. The van der Waals surface area contributed by atoms with Gasteiger partial charge in [0.15, 0.2) is 5.96 Å². The van der Waals surface area contributed by atoms with Gasteiger partial charge < -0.3 is 11.1 Å². The summed E-state index contributed by atoms with van der Waals surface area (Å²) in [6.45, 7) is 3.66. The summed E-state index contributed by atoms with van der Waals surface area (Å²) in [7, 11) is 1.85. The third-order valence-corrected chi connectivity index (χ3v) is 4.41. The zero-order valence-corrected chi connectivity index (χ0v) is 14.1. The number of hydrogen-bond acceptors (Lipinski definition) is 4. The van der Waals surface area contributed by atoms with Gasteiger partial charge in [0.2, 0.25) is 0 Å². The number of nitrogens with two attached hydrogens (primary N) is 1. The first-order valence-electron chi connectivity index (χ1n) is 8.37. The fraction of sp³-hybridized carbons (Fsp3) is 0.471. The van der Waals surface area contributed by atoms with E-state index < -0.39 is 0 Å². The third-order valence-electron chi connectivity index (χ3n) is 4.41. The SMILES string of the molecule is Cn1nncc1CN=C(N)NC1CCN(Cc2ccccc2)CC1. The maximum absolute atomic E-state index is 6.00. The number of nitrogens with one attached hydrogen (secondary N) is 1. The minimum Gasteiger partial charge on any atom is -0.370 e.